The zero-order valence-electron chi connectivity index (χ0n) is 4.66. The molecular formula is C5H6N2O2. The Morgan fingerprint density at radius 2 is 2.67 bits per heavy atom. The van der Waals surface area contributed by atoms with Crippen LogP contribution in [0.5, 0.6) is 0 Å². The summed E-state index contributed by atoms with van der Waals surface area (Å²) in [6, 6.07) is 0. The van der Waals surface area contributed by atoms with Crippen molar-refractivity contribution in [2.45, 2.75) is 0 Å². The van der Waals surface area contributed by atoms with Crippen LogP contribution in [0.25, 0.3) is 0 Å². The van der Waals surface area contributed by atoms with E-state index in [4.69, 9.17) is 5.11 Å². The summed E-state index contributed by atoms with van der Waals surface area (Å²) in [5.74, 6) is -0.895. The van der Waals surface area contributed by atoms with Crippen LogP contribution >= 0.6 is 0 Å². The monoisotopic (exact) mass is 126 g/mol. The molecule has 0 bridgehead atoms. The Bertz CT molecular complexity index is 183. The number of aliphatic carboxylic acids is 1. The number of carboxylic acids is 1. The van der Waals surface area contributed by atoms with Gasteiger partial charge in [0.1, 0.15) is 0 Å². The number of rotatable bonds is 1. The summed E-state index contributed by atoms with van der Waals surface area (Å²) in [6.45, 7) is 0.311. The van der Waals surface area contributed by atoms with Crippen molar-refractivity contribution in [3.8, 4) is 0 Å². The highest BCUT2D eigenvalue weighted by atomic mass is 16.4. The van der Waals surface area contributed by atoms with Gasteiger partial charge in [-0.1, -0.05) is 0 Å². The largest absolute Gasteiger partial charge is 0.478 e. The number of nitrogens with zero attached hydrogens (tertiary/aromatic N) is 1. The van der Waals surface area contributed by atoms with Crippen molar-refractivity contribution in [1.82, 2.24) is 5.43 Å². The molecule has 0 aromatic carbocycles. The molecule has 48 valence electrons. The lowest BCUT2D eigenvalue weighted by Gasteiger charge is -2.03. The number of carboxylic acid groups (broad SMARTS) is 1. The van der Waals surface area contributed by atoms with Crippen LogP contribution in [0.15, 0.2) is 16.8 Å². The molecule has 0 aromatic rings. The molecule has 0 aliphatic carbocycles. The first-order valence-corrected chi connectivity index (χ1v) is 2.49. The second-order valence-electron chi connectivity index (χ2n) is 1.61. The fourth-order valence-electron chi connectivity index (χ4n) is 0.517. The first kappa shape index (κ1) is 5.81. The van der Waals surface area contributed by atoms with Crippen molar-refractivity contribution in [2.75, 3.05) is 6.54 Å². The Morgan fingerprint density at radius 3 is 3.00 bits per heavy atom. The van der Waals surface area contributed by atoms with Crippen molar-refractivity contribution < 1.29 is 9.90 Å². The average molecular weight is 126 g/mol. The Kier molecular flexibility index (Phi) is 1.48. The Morgan fingerprint density at radius 1 is 1.89 bits per heavy atom. The van der Waals surface area contributed by atoms with E-state index in [1.807, 2.05) is 0 Å². The topological polar surface area (TPSA) is 61.7 Å². The quantitative estimate of drug-likeness (QED) is 0.502. The zero-order valence-corrected chi connectivity index (χ0v) is 4.66. The van der Waals surface area contributed by atoms with Crippen LogP contribution in [-0.2, 0) is 4.79 Å². The second-order valence-corrected chi connectivity index (χ2v) is 1.61. The fourth-order valence-corrected chi connectivity index (χ4v) is 0.517. The highest BCUT2D eigenvalue weighted by Crippen LogP contribution is 1.93. The van der Waals surface area contributed by atoms with Crippen molar-refractivity contribution in [3.63, 3.8) is 0 Å². The predicted octanol–water partition coefficient (Wildman–Crippen LogP) is -0.414. The van der Waals surface area contributed by atoms with Crippen LogP contribution in [0.3, 0.4) is 0 Å². The van der Waals surface area contributed by atoms with Crippen LogP contribution in [0.1, 0.15) is 0 Å². The fraction of sp³-hybridized carbons (Fsp3) is 0.200. The maximum Gasteiger partial charge on any atom is 0.333 e. The molecule has 0 saturated heterocycles. The summed E-state index contributed by atoms with van der Waals surface area (Å²) in [7, 11) is 0. The number of nitrogens with one attached hydrogen (secondary N) is 1. The van der Waals surface area contributed by atoms with Gasteiger partial charge in [-0.3, -0.25) is 0 Å². The molecule has 0 spiro atoms. The molecule has 4 nitrogen and oxygen atoms in total. The minimum Gasteiger partial charge on any atom is -0.478 e. The Balaban J connectivity index is 2.68. The van der Waals surface area contributed by atoms with Crippen LogP contribution in [0.4, 0.5) is 0 Å². The predicted molar refractivity (Wildman–Crippen MR) is 32.2 cm³/mol. The van der Waals surface area contributed by atoms with Crippen LogP contribution in [0.2, 0.25) is 0 Å². The van der Waals surface area contributed by atoms with Crippen LogP contribution in [-0.4, -0.2) is 23.8 Å². The van der Waals surface area contributed by atoms with Crippen molar-refractivity contribution >= 4 is 12.2 Å². The summed E-state index contributed by atoms with van der Waals surface area (Å²) in [5, 5.41) is 12.0. The minimum absolute atomic E-state index is 0.311. The van der Waals surface area contributed by atoms with Gasteiger partial charge in [0.15, 0.2) is 0 Å². The van der Waals surface area contributed by atoms with E-state index in [1.165, 1.54) is 12.3 Å². The Labute approximate surface area is 51.9 Å². The molecule has 1 rings (SSSR count). The van der Waals surface area contributed by atoms with Gasteiger partial charge in [-0.15, -0.1) is 0 Å². The minimum atomic E-state index is -0.895. The van der Waals surface area contributed by atoms with Gasteiger partial charge in [0.05, 0.1) is 12.1 Å². The molecule has 1 aliphatic heterocycles. The van der Waals surface area contributed by atoms with E-state index in [9.17, 15) is 4.79 Å². The van der Waals surface area contributed by atoms with Crippen molar-refractivity contribution in [3.05, 3.63) is 11.6 Å². The lowest BCUT2D eigenvalue weighted by atomic mass is 10.2. The zero-order chi connectivity index (χ0) is 6.69. The standard InChI is InChI=1S/C5H6N2O2/c8-5(9)4-1-2-6-7-3-4/h1-2,7H,3H2,(H,8,9). The number of hydrogen-bond donors (Lipinski definition) is 2. The molecule has 0 fully saturated rings. The summed E-state index contributed by atoms with van der Waals surface area (Å²) in [5.41, 5.74) is 2.87. The van der Waals surface area contributed by atoms with Gasteiger partial charge in [0.2, 0.25) is 0 Å². The molecule has 2 N–H and O–H groups in total. The van der Waals surface area contributed by atoms with Gasteiger partial charge < -0.3 is 10.5 Å². The first-order chi connectivity index (χ1) is 4.30. The molecular weight excluding hydrogens is 120 g/mol. The Hall–Kier alpha value is -1.32. The first-order valence-electron chi connectivity index (χ1n) is 2.49. The lowest BCUT2D eigenvalue weighted by Crippen LogP contribution is -2.19. The molecule has 0 aromatic heterocycles. The third-order valence-electron chi connectivity index (χ3n) is 0.986. The average Bonchev–Trinajstić information content (AvgIpc) is 1.90. The van der Waals surface area contributed by atoms with Crippen LogP contribution in [0, 0.1) is 0 Å². The summed E-state index contributed by atoms with van der Waals surface area (Å²) >= 11 is 0. The summed E-state index contributed by atoms with van der Waals surface area (Å²) in [4.78, 5) is 10.2. The molecule has 0 radical (unpaired) electrons. The lowest BCUT2D eigenvalue weighted by molar-refractivity contribution is -0.132. The number of allylic oxidation sites excluding steroid dienone is 1. The van der Waals surface area contributed by atoms with Crippen molar-refractivity contribution in [1.29, 1.82) is 0 Å². The maximum absolute atomic E-state index is 10.2. The van der Waals surface area contributed by atoms with E-state index < -0.39 is 5.97 Å². The SMILES string of the molecule is O=C(O)C1=CC=NNC1. The van der Waals surface area contributed by atoms with Gasteiger partial charge >= 0.3 is 5.97 Å². The van der Waals surface area contributed by atoms with Gasteiger partial charge in [0.25, 0.3) is 0 Å². The summed E-state index contributed by atoms with van der Waals surface area (Å²) in [6.07, 6.45) is 2.89. The molecule has 0 unspecified atom stereocenters. The van der Waals surface area contributed by atoms with Gasteiger partial charge in [-0.25, -0.2) is 4.79 Å². The van der Waals surface area contributed by atoms with E-state index in [0.29, 0.717) is 12.1 Å². The van der Waals surface area contributed by atoms with Gasteiger partial charge in [-0.05, 0) is 6.08 Å². The van der Waals surface area contributed by atoms with E-state index in [2.05, 4.69) is 10.5 Å². The summed E-state index contributed by atoms with van der Waals surface area (Å²) < 4.78 is 0. The second kappa shape index (κ2) is 2.30. The number of hydrazone groups is 1. The van der Waals surface area contributed by atoms with Crippen molar-refractivity contribution in [2.24, 2.45) is 5.10 Å². The normalized spacial score (nSPS) is 16.2. The van der Waals surface area contributed by atoms with E-state index in [0.717, 1.165) is 0 Å². The molecule has 0 atom stereocenters. The molecule has 9 heavy (non-hydrogen) atoms. The van der Waals surface area contributed by atoms with E-state index >= 15 is 0 Å². The van der Waals surface area contributed by atoms with Gasteiger partial charge in [0, 0.05) is 6.21 Å². The smallest absolute Gasteiger partial charge is 0.333 e. The highest BCUT2D eigenvalue weighted by Gasteiger charge is 2.06. The van der Waals surface area contributed by atoms with E-state index in [1.54, 1.807) is 0 Å². The number of hydrogen-bond acceptors (Lipinski definition) is 3. The highest BCUT2D eigenvalue weighted by molar-refractivity contribution is 5.93. The molecule has 0 amide bonds. The van der Waals surface area contributed by atoms with Gasteiger partial charge in [-0.2, -0.15) is 5.10 Å². The molecule has 1 heterocycles. The maximum atomic E-state index is 10.2. The molecule has 0 saturated carbocycles. The third kappa shape index (κ3) is 1.28. The molecule has 4 heteroatoms. The van der Waals surface area contributed by atoms with Crippen LogP contribution < -0.4 is 5.43 Å². The molecule has 1 aliphatic rings. The number of carbonyl (C=O) groups is 1. The third-order valence-corrected chi connectivity index (χ3v) is 0.986. The van der Waals surface area contributed by atoms with E-state index in [-0.39, 0.29) is 0 Å².